The molecule has 0 atom stereocenters. The van der Waals surface area contributed by atoms with Crippen LogP contribution in [0.15, 0.2) is 30.3 Å². The van der Waals surface area contributed by atoms with Gasteiger partial charge in [0, 0.05) is 12.0 Å². The number of carbonyl (C=O) groups excluding carboxylic acids is 1. The normalized spacial score (nSPS) is 11.1. The zero-order chi connectivity index (χ0) is 19.1. The van der Waals surface area contributed by atoms with Crippen LogP contribution in [0.1, 0.15) is 89.5 Å². The van der Waals surface area contributed by atoms with Gasteiger partial charge in [-0.25, -0.2) is 10.0 Å². The largest absolute Gasteiger partial charge is 1.00 e. The lowest BCUT2D eigenvalue weighted by atomic mass is 10.1. The summed E-state index contributed by atoms with van der Waals surface area (Å²) >= 11 is 0. The minimum absolute atomic E-state index is 0. The van der Waals surface area contributed by atoms with E-state index in [-0.39, 0.29) is 18.3 Å². The van der Waals surface area contributed by atoms with Crippen molar-refractivity contribution in [1.82, 2.24) is 5.43 Å². The molecule has 27 heavy (non-hydrogen) atoms. The van der Waals surface area contributed by atoms with Crippen LogP contribution < -0.4 is 17.8 Å². The highest BCUT2D eigenvalue weighted by Gasteiger charge is 2.19. The van der Waals surface area contributed by atoms with Crippen molar-refractivity contribution < 1.29 is 21.8 Å². The highest BCUT2D eigenvalue weighted by atomic mass is 35.5. The Morgan fingerprint density at radius 1 is 0.815 bits per heavy atom. The molecule has 0 aromatic heterocycles. The third-order valence-corrected chi connectivity index (χ3v) is 4.86. The number of halogens is 1. The number of nitrogens with one attached hydrogen (secondary N) is 1. The molecule has 0 spiro atoms. The van der Waals surface area contributed by atoms with Crippen molar-refractivity contribution >= 4 is 5.91 Å². The van der Waals surface area contributed by atoms with Gasteiger partial charge in [0.1, 0.15) is 6.54 Å². The quantitative estimate of drug-likeness (QED) is 0.275. The maximum Gasteiger partial charge on any atom is 0.264 e. The van der Waals surface area contributed by atoms with E-state index in [9.17, 15) is 4.79 Å². The number of amides is 1. The van der Waals surface area contributed by atoms with Crippen molar-refractivity contribution in [3.8, 4) is 0 Å². The van der Waals surface area contributed by atoms with Crippen LogP contribution in [0, 0.1) is 0 Å². The molecule has 0 heterocycles. The molecule has 1 rings (SSSR count). The summed E-state index contributed by atoms with van der Waals surface area (Å²) in [7, 11) is 4.09. The van der Waals surface area contributed by atoms with Crippen LogP contribution in [0.2, 0.25) is 0 Å². The van der Waals surface area contributed by atoms with Gasteiger partial charge in [0.05, 0.1) is 14.1 Å². The average Bonchev–Trinajstić information content (AvgIpc) is 2.59. The Balaban J connectivity index is 0.00000676. The lowest BCUT2D eigenvalue weighted by Gasteiger charge is -2.29. The van der Waals surface area contributed by atoms with Crippen molar-refractivity contribution in [1.29, 1.82) is 0 Å². The van der Waals surface area contributed by atoms with Crippen LogP contribution in [-0.2, 0) is 11.3 Å². The van der Waals surface area contributed by atoms with Crippen molar-refractivity contribution in [2.24, 2.45) is 0 Å². The molecular weight excluding hydrogens is 356 g/mol. The predicted octanol–water partition coefficient (Wildman–Crippen LogP) is 3.00. The molecule has 0 bridgehead atoms. The van der Waals surface area contributed by atoms with Gasteiger partial charge in [0.15, 0.2) is 0 Å². The summed E-state index contributed by atoms with van der Waals surface area (Å²) in [5.41, 5.74) is 4.38. The Bertz CT molecular complexity index is 477. The van der Waals surface area contributed by atoms with Crippen LogP contribution in [0.5, 0.6) is 0 Å². The Labute approximate surface area is 173 Å². The summed E-state index contributed by atoms with van der Waals surface area (Å²) in [6, 6.07) is 10.3. The first kappa shape index (κ1) is 25.9. The van der Waals surface area contributed by atoms with Gasteiger partial charge < -0.3 is 12.4 Å². The van der Waals surface area contributed by atoms with Gasteiger partial charge in [-0.1, -0.05) is 101 Å². The summed E-state index contributed by atoms with van der Waals surface area (Å²) < 4.78 is 0.501. The number of unbranched alkanes of at least 4 members (excludes halogenated alkanes) is 10. The Morgan fingerprint density at radius 2 is 1.30 bits per heavy atom. The van der Waals surface area contributed by atoms with Crippen molar-refractivity contribution in [3.05, 3.63) is 35.9 Å². The van der Waals surface area contributed by atoms with E-state index in [4.69, 9.17) is 0 Å². The third-order valence-electron chi connectivity index (χ3n) is 4.86. The SMILES string of the molecule is CCCCCCCCCCCCCC(=O)N[N+](C)(C)Cc1ccccc1.[Cl-]. The van der Waals surface area contributed by atoms with Crippen LogP contribution in [0.4, 0.5) is 0 Å². The zero-order valence-electron chi connectivity index (χ0n) is 17.8. The van der Waals surface area contributed by atoms with E-state index >= 15 is 0 Å². The fourth-order valence-corrected chi connectivity index (χ4v) is 3.42. The standard InChI is InChI=1S/C23H40N2O.ClH/c1-4-5-6-7-8-9-10-11-12-13-17-20-23(26)24-25(2,3)21-22-18-15-14-16-19-22;/h14-16,18-19H,4-13,17,20-21H2,1-3H3;1H. The first-order chi connectivity index (χ1) is 12.5. The lowest BCUT2D eigenvalue weighted by molar-refractivity contribution is -0.938. The molecule has 0 aliphatic carbocycles. The molecule has 4 heteroatoms. The molecular formula is C23H41ClN2O. The number of nitrogens with zero attached hydrogens (tertiary/aromatic N) is 1. The molecule has 1 N–H and O–H groups in total. The highest BCUT2D eigenvalue weighted by Crippen LogP contribution is 2.12. The number of carbonyl (C=O) groups is 1. The molecule has 1 aromatic rings. The number of quaternary nitrogens is 1. The third kappa shape index (κ3) is 14.6. The second kappa shape index (κ2) is 15.9. The molecule has 0 aliphatic rings. The van der Waals surface area contributed by atoms with E-state index in [0.717, 1.165) is 13.0 Å². The van der Waals surface area contributed by atoms with Gasteiger partial charge in [-0.05, 0) is 6.42 Å². The maximum absolute atomic E-state index is 12.2. The lowest BCUT2D eigenvalue weighted by Crippen LogP contribution is -3.00. The number of benzene rings is 1. The van der Waals surface area contributed by atoms with Crippen molar-refractivity contribution in [2.45, 2.75) is 90.5 Å². The Kier molecular flexibility index (Phi) is 15.3. The first-order valence-corrected chi connectivity index (χ1v) is 10.7. The molecule has 3 nitrogen and oxygen atoms in total. The minimum Gasteiger partial charge on any atom is -1.00 e. The zero-order valence-corrected chi connectivity index (χ0v) is 18.6. The van der Waals surface area contributed by atoms with Crippen LogP contribution >= 0.6 is 0 Å². The van der Waals surface area contributed by atoms with E-state index in [2.05, 4.69) is 24.5 Å². The molecule has 0 saturated carbocycles. The summed E-state index contributed by atoms with van der Waals surface area (Å²) in [6.45, 7) is 3.08. The number of rotatable bonds is 15. The van der Waals surface area contributed by atoms with Crippen molar-refractivity contribution in [2.75, 3.05) is 14.1 Å². The molecule has 156 valence electrons. The average molecular weight is 397 g/mol. The summed E-state index contributed by atoms with van der Waals surface area (Å²) in [5, 5.41) is 0. The number of hydrogen-bond donors (Lipinski definition) is 1. The van der Waals surface area contributed by atoms with Crippen LogP contribution in [0.3, 0.4) is 0 Å². The highest BCUT2D eigenvalue weighted by molar-refractivity contribution is 5.74. The van der Waals surface area contributed by atoms with Gasteiger partial charge in [-0.3, -0.25) is 4.79 Å². The van der Waals surface area contributed by atoms with Crippen LogP contribution in [-0.4, -0.2) is 24.6 Å². The number of hydrogen-bond acceptors (Lipinski definition) is 1. The fourth-order valence-electron chi connectivity index (χ4n) is 3.42. The van der Waals surface area contributed by atoms with Gasteiger partial charge >= 0.3 is 0 Å². The molecule has 1 amide bonds. The smallest absolute Gasteiger partial charge is 0.264 e. The summed E-state index contributed by atoms with van der Waals surface area (Å²) in [6.07, 6.45) is 15.1. The second-order valence-corrected chi connectivity index (χ2v) is 8.15. The fraction of sp³-hybridized carbons (Fsp3) is 0.696. The Hall–Kier alpha value is -1.06. The van der Waals surface area contributed by atoms with E-state index < -0.39 is 0 Å². The summed E-state index contributed by atoms with van der Waals surface area (Å²) in [5.74, 6) is 0.168. The summed E-state index contributed by atoms with van der Waals surface area (Å²) in [4.78, 5) is 12.2. The molecule has 0 fully saturated rings. The van der Waals surface area contributed by atoms with Gasteiger partial charge in [0.25, 0.3) is 5.91 Å². The molecule has 0 unspecified atom stereocenters. The second-order valence-electron chi connectivity index (χ2n) is 8.15. The van der Waals surface area contributed by atoms with Crippen molar-refractivity contribution in [3.63, 3.8) is 0 Å². The predicted molar refractivity (Wildman–Crippen MR) is 111 cm³/mol. The molecule has 1 aromatic carbocycles. The van der Waals surface area contributed by atoms with Gasteiger partial charge in [-0.2, -0.15) is 0 Å². The Morgan fingerprint density at radius 3 is 1.81 bits per heavy atom. The molecule has 0 aliphatic heterocycles. The van der Waals surface area contributed by atoms with Crippen LogP contribution in [0.25, 0.3) is 0 Å². The van der Waals surface area contributed by atoms with E-state index in [1.165, 1.54) is 69.8 Å². The molecule has 0 saturated heterocycles. The van der Waals surface area contributed by atoms with E-state index in [0.29, 0.717) is 11.0 Å². The van der Waals surface area contributed by atoms with E-state index in [1.807, 2.05) is 32.3 Å². The maximum atomic E-state index is 12.2. The van der Waals surface area contributed by atoms with Gasteiger partial charge in [-0.15, -0.1) is 0 Å². The molecule has 0 radical (unpaired) electrons. The minimum atomic E-state index is 0. The topological polar surface area (TPSA) is 29.1 Å². The monoisotopic (exact) mass is 396 g/mol. The van der Waals surface area contributed by atoms with Gasteiger partial charge in [0.2, 0.25) is 0 Å². The van der Waals surface area contributed by atoms with E-state index in [1.54, 1.807) is 0 Å². The first-order valence-electron chi connectivity index (χ1n) is 10.7.